The van der Waals surface area contributed by atoms with Gasteiger partial charge in [0.2, 0.25) is 0 Å². The Morgan fingerprint density at radius 2 is 1.05 bits per heavy atom. The number of hydrogen-bond donors (Lipinski definition) is 0. The number of piperazine rings is 1. The molecule has 0 aromatic rings. The SMILES string of the molecule is CCCCCCCCCCCCN1CCN(CCCl)CC1. The summed E-state index contributed by atoms with van der Waals surface area (Å²) in [7, 11) is 0. The molecule has 1 heterocycles. The minimum Gasteiger partial charge on any atom is -0.301 e. The molecule has 0 aliphatic carbocycles. The second kappa shape index (κ2) is 13.8. The lowest BCUT2D eigenvalue weighted by Crippen LogP contribution is -2.47. The summed E-state index contributed by atoms with van der Waals surface area (Å²) in [5, 5.41) is 0. The first-order chi connectivity index (χ1) is 10.4. The van der Waals surface area contributed by atoms with Crippen molar-refractivity contribution in [2.24, 2.45) is 0 Å². The zero-order valence-electron chi connectivity index (χ0n) is 14.3. The van der Waals surface area contributed by atoms with Gasteiger partial charge in [-0.3, -0.25) is 4.90 Å². The molecule has 0 aromatic carbocycles. The normalized spacial score (nSPS) is 17.4. The lowest BCUT2D eigenvalue weighted by Gasteiger charge is -2.34. The first kappa shape index (κ1) is 19.3. The number of rotatable bonds is 13. The first-order valence-electron chi connectivity index (χ1n) is 9.37. The van der Waals surface area contributed by atoms with Gasteiger partial charge in [0.1, 0.15) is 0 Å². The van der Waals surface area contributed by atoms with Crippen molar-refractivity contribution in [2.75, 3.05) is 45.1 Å². The molecule has 0 unspecified atom stereocenters. The highest BCUT2D eigenvalue weighted by molar-refractivity contribution is 6.18. The molecule has 21 heavy (non-hydrogen) atoms. The molecule has 3 heteroatoms. The highest BCUT2D eigenvalue weighted by Crippen LogP contribution is 2.11. The van der Waals surface area contributed by atoms with Crippen molar-refractivity contribution in [1.29, 1.82) is 0 Å². The van der Waals surface area contributed by atoms with Crippen molar-refractivity contribution in [1.82, 2.24) is 9.80 Å². The number of unbranched alkanes of at least 4 members (excludes halogenated alkanes) is 9. The summed E-state index contributed by atoms with van der Waals surface area (Å²) >= 11 is 5.80. The summed E-state index contributed by atoms with van der Waals surface area (Å²) in [6.45, 7) is 9.58. The third kappa shape index (κ3) is 10.5. The van der Waals surface area contributed by atoms with Crippen LogP contribution in [0.25, 0.3) is 0 Å². The molecule has 0 N–H and O–H groups in total. The molecule has 1 fully saturated rings. The van der Waals surface area contributed by atoms with E-state index in [1.165, 1.54) is 96.9 Å². The quantitative estimate of drug-likeness (QED) is 0.357. The van der Waals surface area contributed by atoms with Crippen LogP contribution in [0.2, 0.25) is 0 Å². The van der Waals surface area contributed by atoms with E-state index >= 15 is 0 Å². The van der Waals surface area contributed by atoms with Gasteiger partial charge in [0.05, 0.1) is 0 Å². The van der Waals surface area contributed by atoms with Crippen LogP contribution < -0.4 is 0 Å². The molecule has 1 aliphatic heterocycles. The molecule has 0 amide bonds. The first-order valence-corrected chi connectivity index (χ1v) is 9.91. The molecule has 0 atom stereocenters. The Balaban J connectivity index is 1.80. The van der Waals surface area contributed by atoms with Gasteiger partial charge in [-0.2, -0.15) is 0 Å². The Hall–Kier alpha value is 0.210. The van der Waals surface area contributed by atoms with Gasteiger partial charge in [-0.05, 0) is 13.0 Å². The third-order valence-electron chi connectivity index (χ3n) is 4.69. The molecule has 0 spiro atoms. The van der Waals surface area contributed by atoms with Crippen LogP contribution in [0.15, 0.2) is 0 Å². The van der Waals surface area contributed by atoms with Crippen molar-refractivity contribution in [2.45, 2.75) is 71.1 Å². The van der Waals surface area contributed by atoms with Gasteiger partial charge in [-0.15, -0.1) is 11.6 Å². The second-order valence-corrected chi connectivity index (χ2v) is 6.93. The smallest absolute Gasteiger partial charge is 0.0351 e. The second-order valence-electron chi connectivity index (χ2n) is 6.55. The molecule has 0 saturated carbocycles. The molecular formula is C18H37ClN2. The highest BCUT2D eigenvalue weighted by atomic mass is 35.5. The zero-order chi connectivity index (χ0) is 15.2. The van der Waals surface area contributed by atoms with E-state index in [0.717, 1.165) is 12.4 Å². The Morgan fingerprint density at radius 1 is 0.619 bits per heavy atom. The average Bonchev–Trinajstić information content (AvgIpc) is 2.51. The van der Waals surface area contributed by atoms with Gasteiger partial charge in [0.15, 0.2) is 0 Å². The molecule has 126 valence electrons. The summed E-state index contributed by atoms with van der Waals surface area (Å²) in [6, 6.07) is 0. The monoisotopic (exact) mass is 316 g/mol. The minimum absolute atomic E-state index is 0.776. The van der Waals surface area contributed by atoms with Crippen LogP contribution in [-0.2, 0) is 0 Å². The van der Waals surface area contributed by atoms with Crippen molar-refractivity contribution >= 4 is 11.6 Å². The summed E-state index contributed by atoms with van der Waals surface area (Å²) < 4.78 is 0. The standard InChI is InChI=1S/C18H37ClN2/c1-2-3-4-5-6-7-8-9-10-11-13-20-15-17-21(14-12-19)18-16-20/h2-18H2,1H3. The lowest BCUT2D eigenvalue weighted by molar-refractivity contribution is 0.136. The van der Waals surface area contributed by atoms with Gasteiger partial charge in [-0.1, -0.05) is 64.7 Å². The van der Waals surface area contributed by atoms with Crippen LogP contribution in [0.3, 0.4) is 0 Å². The molecule has 0 radical (unpaired) electrons. The number of nitrogens with zero attached hydrogens (tertiary/aromatic N) is 2. The molecular weight excluding hydrogens is 280 g/mol. The van der Waals surface area contributed by atoms with Crippen LogP contribution >= 0.6 is 11.6 Å². The molecule has 1 rings (SSSR count). The fourth-order valence-corrected chi connectivity index (χ4v) is 3.42. The Kier molecular flexibility index (Phi) is 12.7. The van der Waals surface area contributed by atoms with E-state index in [9.17, 15) is 0 Å². The zero-order valence-corrected chi connectivity index (χ0v) is 15.0. The van der Waals surface area contributed by atoms with Gasteiger partial charge >= 0.3 is 0 Å². The molecule has 0 bridgehead atoms. The van der Waals surface area contributed by atoms with Gasteiger partial charge in [0, 0.05) is 38.6 Å². The van der Waals surface area contributed by atoms with E-state index < -0.39 is 0 Å². The summed E-state index contributed by atoms with van der Waals surface area (Å²) in [4.78, 5) is 5.12. The maximum Gasteiger partial charge on any atom is 0.0351 e. The predicted molar refractivity (Wildman–Crippen MR) is 95.4 cm³/mol. The van der Waals surface area contributed by atoms with Crippen molar-refractivity contribution < 1.29 is 0 Å². The third-order valence-corrected chi connectivity index (χ3v) is 4.86. The van der Waals surface area contributed by atoms with Gasteiger partial charge < -0.3 is 4.90 Å². The van der Waals surface area contributed by atoms with E-state index in [1.54, 1.807) is 0 Å². The summed E-state index contributed by atoms with van der Waals surface area (Å²) in [5.41, 5.74) is 0. The van der Waals surface area contributed by atoms with E-state index in [4.69, 9.17) is 11.6 Å². The molecule has 2 nitrogen and oxygen atoms in total. The van der Waals surface area contributed by atoms with Crippen molar-refractivity contribution in [3.63, 3.8) is 0 Å². The molecule has 1 aliphatic rings. The number of halogens is 1. The number of hydrogen-bond acceptors (Lipinski definition) is 2. The minimum atomic E-state index is 0.776. The van der Waals surface area contributed by atoms with Gasteiger partial charge in [0.25, 0.3) is 0 Å². The van der Waals surface area contributed by atoms with Crippen LogP contribution in [0.5, 0.6) is 0 Å². The summed E-state index contributed by atoms with van der Waals surface area (Å²) in [5.74, 6) is 0.776. The van der Waals surface area contributed by atoms with Crippen LogP contribution in [0.4, 0.5) is 0 Å². The topological polar surface area (TPSA) is 6.48 Å². The van der Waals surface area contributed by atoms with Crippen LogP contribution in [0, 0.1) is 0 Å². The van der Waals surface area contributed by atoms with Crippen molar-refractivity contribution in [3.05, 3.63) is 0 Å². The molecule has 1 saturated heterocycles. The van der Waals surface area contributed by atoms with Crippen molar-refractivity contribution in [3.8, 4) is 0 Å². The fraction of sp³-hybridized carbons (Fsp3) is 1.00. The Morgan fingerprint density at radius 3 is 1.52 bits per heavy atom. The van der Waals surface area contributed by atoms with Crippen LogP contribution in [0.1, 0.15) is 71.1 Å². The molecule has 0 aromatic heterocycles. The van der Waals surface area contributed by atoms with Crippen LogP contribution in [-0.4, -0.2) is 54.9 Å². The average molecular weight is 317 g/mol. The van der Waals surface area contributed by atoms with E-state index in [-0.39, 0.29) is 0 Å². The van der Waals surface area contributed by atoms with E-state index in [0.29, 0.717) is 0 Å². The Bertz CT molecular complexity index is 215. The van der Waals surface area contributed by atoms with E-state index in [1.807, 2.05) is 0 Å². The lowest BCUT2D eigenvalue weighted by atomic mass is 10.1. The number of alkyl halides is 1. The largest absolute Gasteiger partial charge is 0.301 e. The van der Waals surface area contributed by atoms with E-state index in [2.05, 4.69) is 16.7 Å². The maximum absolute atomic E-state index is 5.80. The van der Waals surface area contributed by atoms with Gasteiger partial charge in [-0.25, -0.2) is 0 Å². The fourth-order valence-electron chi connectivity index (χ4n) is 3.18. The predicted octanol–water partition coefficient (Wildman–Crippen LogP) is 4.76. The maximum atomic E-state index is 5.80. The summed E-state index contributed by atoms with van der Waals surface area (Å²) in [6.07, 6.45) is 14.3. The Labute approximate surface area is 138 Å². The highest BCUT2D eigenvalue weighted by Gasteiger charge is 2.15.